The number of imide groups is 1. The summed E-state index contributed by atoms with van der Waals surface area (Å²) in [6, 6.07) is 16.8. The van der Waals surface area contributed by atoms with Gasteiger partial charge in [0.2, 0.25) is 0 Å². The smallest absolute Gasteiger partial charge is 0.329 e. The molecule has 8 nitrogen and oxygen atoms in total. The van der Waals surface area contributed by atoms with Crippen LogP contribution < -0.4 is 15.0 Å². The van der Waals surface area contributed by atoms with Gasteiger partial charge in [0.05, 0.1) is 24.9 Å². The highest BCUT2D eigenvalue weighted by Gasteiger charge is 2.35. The van der Waals surface area contributed by atoms with Crippen molar-refractivity contribution in [1.29, 1.82) is 0 Å². The van der Waals surface area contributed by atoms with Crippen LogP contribution in [0.15, 0.2) is 60.3 Å². The Morgan fingerprint density at radius 3 is 2.42 bits per heavy atom. The summed E-state index contributed by atoms with van der Waals surface area (Å²) in [5, 5.41) is 13.2. The molecule has 0 saturated carbocycles. The lowest BCUT2D eigenvalue weighted by atomic mass is 10.2. The molecule has 8 heteroatoms. The van der Waals surface area contributed by atoms with E-state index in [0.29, 0.717) is 13.2 Å². The maximum absolute atomic E-state index is 12.7. The molecular formula is C25H30N4O4. The van der Waals surface area contributed by atoms with Gasteiger partial charge in [0.25, 0.3) is 5.91 Å². The molecule has 174 valence electrons. The van der Waals surface area contributed by atoms with Crippen LogP contribution in [-0.2, 0) is 4.79 Å². The highest BCUT2D eigenvalue weighted by Crippen LogP contribution is 2.28. The minimum Gasteiger partial charge on any atom is -0.492 e. The van der Waals surface area contributed by atoms with Crippen molar-refractivity contribution in [3.63, 3.8) is 0 Å². The molecule has 3 amide bonds. The van der Waals surface area contributed by atoms with Gasteiger partial charge < -0.3 is 20.1 Å². The Hall–Kier alpha value is -3.36. The van der Waals surface area contributed by atoms with Crippen LogP contribution >= 0.6 is 0 Å². The van der Waals surface area contributed by atoms with E-state index in [2.05, 4.69) is 21.2 Å². The van der Waals surface area contributed by atoms with E-state index in [9.17, 15) is 14.7 Å². The highest BCUT2D eigenvalue weighted by atomic mass is 16.5. The Morgan fingerprint density at radius 2 is 1.70 bits per heavy atom. The quantitative estimate of drug-likeness (QED) is 0.474. The van der Waals surface area contributed by atoms with E-state index in [1.807, 2.05) is 55.5 Å². The SMILES string of the molecule is CCOc1ccccc1N1CCN(CC(O)CN2C(=O)NC(=Cc3ccccc3)C2=O)CC1. The van der Waals surface area contributed by atoms with Crippen molar-refractivity contribution < 1.29 is 19.4 Å². The zero-order valence-corrected chi connectivity index (χ0v) is 18.8. The van der Waals surface area contributed by atoms with E-state index in [1.165, 1.54) is 0 Å². The van der Waals surface area contributed by atoms with Crippen molar-refractivity contribution in [2.75, 3.05) is 50.8 Å². The van der Waals surface area contributed by atoms with E-state index >= 15 is 0 Å². The summed E-state index contributed by atoms with van der Waals surface area (Å²) in [7, 11) is 0. The molecule has 0 radical (unpaired) electrons. The van der Waals surface area contributed by atoms with Gasteiger partial charge in [-0.1, -0.05) is 42.5 Å². The molecule has 2 fully saturated rings. The standard InChI is InChI=1S/C25H30N4O4/c1-2-33-23-11-7-6-10-22(23)28-14-12-27(13-15-28)17-20(30)18-29-24(31)21(26-25(29)32)16-19-8-4-3-5-9-19/h3-11,16,20,30H,2,12-15,17-18H2,1H3,(H,26,32). The molecule has 0 aromatic heterocycles. The van der Waals surface area contributed by atoms with Gasteiger partial charge >= 0.3 is 6.03 Å². The van der Waals surface area contributed by atoms with Crippen LogP contribution in [0.2, 0.25) is 0 Å². The summed E-state index contributed by atoms with van der Waals surface area (Å²) in [6.07, 6.45) is 0.824. The van der Waals surface area contributed by atoms with Crippen molar-refractivity contribution in [1.82, 2.24) is 15.1 Å². The third-order valence-corrected chi connectivity index (χ3v) is 5.81. The molecule has 2 aromatic rings. The van der Waals surface area contributed by atoms with Gasteiger partial charge in [-0.15, -0.1) is 0 Å². The minimum absolute atomic E-state index is 0.0375. The number of hydrogen-bond acceptors (Lipinski definition) is 6. The van der Waals surface area contributed by atoms with Crippen molar-refractivity contribution in [2.45, 2.75) is 13.0 Å². The first kappa shape index (κ1) is 22.8. The van der Waals surface area contributed by atoms with Crippen molar-refractivity contribution in [3.05, 3.63) is 65.9 Å². The first-order chi connectivity index (χ1) is 16.0. The zero-order chi connectivity index (χ0) is 23.2. The molecule has 0 aliphatic carbocycles. The molecular weight excluding hydrogens is 420 g/mol. The third kappa shape index (κ3) is 5.53. The Morgan fingerprint density at radius 1 is 1.00 bits per heavy atom. The maximum Gasteiger partial charge on any atom is 0.329 e. The summed E-state index contributed by atoms with van der Waals surface area (Å²) in [6.45, 7) is 6.12. The van der Waals surface area contributed by atoms with Crippen LogP contribution in [0.5, 0.6) is 5.75 Å². The largest absolute Gasteiger partial charge is 0.492 e. The number of carbonyl (C=O) groups excluding carboxylic acids is 2. The van der Waals surface area contributed by atoms with E-state index in [-0.39, 0.29) is 12.2 Å². The lowest BCUT2D eigenvalue weighted by Crippen LogP contribution is -2.50. The summed E-state index contributed by atoms with van der Waals surface area (Å²) in [4.78, 5) is 30.5. The number of nitrogens with zero attached hydrogens (tertiary/aromatic N) is 3. The summed E-state index contributed by atoms with van der Waals surface area (Å²) < 4.78 is 5.75. The number of urea groups is 1. The van der Waals surface area contributed by atoms with E-state index < -0.39 is 18.0 Å². The summed E-state index contributed by atoms with van der Waals surface area (Å²) >= 11 is 0. The number of aliphatic hydroxyl groups excluding tert-OH is 1. The Bertz CT molecular complexity index is 1000. The molecule has 0 bridgehead atoms. The van der Waals surface area contributed by atoms with Crippen LogP contribution in [0.25, 0.3) is 6.08 Å². The van der Waals surface area contributed by atoms with Gasteiger partial charge in [-0.25, -0.2) is 4.79 Å². The van der Waals surface area contributed by atoms with Gasteiger partial charge in [0, 0.05) is 32.7 Å². The molecule has 1 unspecified atom stereocenters. The van der Waals surface area contributed by atoms with Gasteiger partial charge in [0.15, 0.2) is 0 Å². The van der Waals surface area contributed by atoms with E-state index in [4.69, 9.17) is 4.74 Å². The number of hydrogen-bond donors (Lipinski definition) is 2. The Kier molecular flexibility index (Phi) is 7.26. The van der Waals surface area contributed by atoms with Gasteiger partial charge in [-0.2, -0.15) is 0 Å². The topological polar surface area (TPSA) is 85.3 Å². The molecule has 2 aliphatic rings. The molecule has 2 aromatic carbocycles. The van der Waals surface area contributed by atoms with Crippen LogP contribution in [-0.4, -0.2) is 78.8 Å². The number of β-amino-alcohol motifs (C(OH)–C–C–N with tert-alkyl or cyclic N) is 1. The monoisotopic (exact) mass is 450 g/mol. The number of anilines is 1. The summed E-state index contributed by atoms with van der Waals surface area (Å²) in [5.41, 5.74) is 2.13. The molecule has 2 saturated heterocycles. The van der Waals surface area contributed by atoms with Crippen LogP contribution in [0.4, 0.5) is 10.5 Å². The second kappa shape index (κ2) is 10.5. The predicted octanol–water partition coefficient (Wildman–Crippen LogP) is 2.16. The Balaban J connectivity index is 1.29. The zero-order valence-electron chi connectivity index (χ0n) is 18.8. The second-order valence-corrected chi connectivity index (χ2v) is 8.16. The number of nitrogens with one attached hydrogen (secondary N) is 1. The number of carbonyl (C=O) groups is 2. The van der Waals surface area contributed by atoms with Crippen molar-refractivity contribution in [2.24, 2.45) is 0 Å². The molecule has 2 aliphatic heterocycles. The lowest BCUT2D eigenvalue weighted by molar-refractivity contribution is -0.124. The number of rotatable bonds is 8. The first-order valence-electron chi connectivity index (χ1n) is 11.3. The number of aliphatic hydroxyl groups is 1. The minimum atomic E-state index is -0.821. The maximum atomic E-state index is 12.7. The number of para-hydroxylation sites is 2. The molecule has 4 rings (SSSR count). The highest BCUT2D eigenvalue weighted by molar-refractivity contribution is 6.14. The average molecular weight is 451 g/mol. The fourth-order valence-corrected chi connectivity index (χ4v) is 4.19. The van der Waals surface area contributed by atoms with Gasteiger partial charge in [-0.3, -0.25) is 14.6 Å². The average Bonchev–Trinajstić information content (AvgIpc) is 3.08. The summed E-state index contributed by atoms with van der Waals surface area (Å²) in [5.74, 6) is 0.464. The molecule has 2 heterocycles. The fraction of sp³-hybridized carbons (Fsp3) is 0.360. The second-order valence-electron chi connectivity index (χ2n) is 8.16. The number of ether oxygens (including phenoxy) is 1. The Labute approximate surface area is 194 Å². The normalized spacial score (nSPS) is 19.2. The van der Waals surface area contributed by atoms with Crippen LogP contribution in [0.3, 0.4) is 0 Å². The van der Waals surface area contributed by atoms with Crippen molar-refractivity contribution in [3.8, 4) is 5.75 Å². The third-order valence-electron chi connectivity index (χ3n) is 5.81. The van der Waals surface area contributed by atoms with Crippen LogP contribution in [0, 0.1) is 0 Å². The van der Waals surface area contributed by atoms with Crippen molar-refractivity contribution >= 4 is 23.7 Å². The van der Waals surface area contributed by atoms with E-state index in [0.717, 1.165) is 48.1 Å². The fourth-order valence-electron chi connectivity index (χ4n) is 4.19. The lowest BCUT2D eigenvalue weighted by Gasteiger charge is -2.37. The number of piperazine rings is 1. The molecule has 2 N–H and O–H groups in total. The van der Waals surface area contributed by atoms with E-state index in [1.54, 1.807) is 6.08 Å². The number of benzene rings is 2. The predicted molar refractivity (Wildman–Crippen MR) is 127 cm³/mol. The molecule has 1 atom stereocenters. The molecule has 0 spiro atoms. The molecule has 33 heavy (non-hydrogen) atoms. The van der Waals surface area contributed by atoms with Crippen LogP contribution in [0.1, 0.15) is 12.5 Å². The number of amides is 3. The van der Waals surface area contributed by atoms with Gasteiger partial charge in [0.1, 0.15) is 11.4 Å². The van der Waals surface area contributed by atoms with Gasteiger partial charge in [-0.05, 0) is 30.7 Å². The first-order valence-corrected chi connectivity index (χ1v) is 11.3.